The van der Waals surface area contributed by atoms with E-state index in [-0.39, 0.29) is 12.5 Å². The third-order valence-corrected chi connectivity index (χ3v) is 4.34. The van der Waals surface area contributed by atoms with Crippen molar-refractivity contribution >= 4 is 23.7 Å². The molecule has 0 fully saturated rings. The van der Waals surface area contributed by atoms with E-state index in [4.69, 9.17) is 21.1 Å². The van der Waals surface area contributed by atoms with Gasteiger partial charge in [0.05, 0.1) is 18.9 Å². The van der Waals surface area contributed by atoms with Gasteiger partial charge < -0.3 is 9.47 Å². The minimum absolute atomic E-state index is 0.263. The highest BCUT2D eigenvalue weighted by atomic mass is 35.5. The van der Waals surface area contributed by atoms with Gasteiger partial charge in [-0.2, -0.15) is 5.10 Å². The van der Waals surface area contributed by atoms with Gasteiger partial charge in [0.15, 0.2) is 0 Å². The van der Waals surface area contributed by atoms with E-state index in [1.54, 1.807) is 43.7 Å². The molecule has 0 aromatic heterocycles. The Morgan fingerprint density at radius 1 is 1.04 bits per heavy atom. The van der Waals surface area contributed by atoms with E-state index in [9.17, 15) is 4.79 Å². The summed E-state index contributed by atoms with van der Waals surface area (Å²) in [5.74, 6) is 0.852. The van der Waals surface area contributed by atoms with Crippen molar-refractivity contribution in [3.63, 3.8) is 0 Å². The maximum atomic E-state index is 12.5. The SMILES string of the molecule is COc1ccc(/C=N/NC(=O)c2ccccc2OCc2ccccc2Cl)cc1. The van der Waals surface area contributed by atoms with Crippen molar-refractivity contribution in [3.05, 3.63) is 94.5 Å². The van der Waals surface area contributed by atoms with Crippen LogP contribution in [0.2, 0.25) is 5.02 Å². The van der Waals surface area contributed by atoms with Crippen LogP contribution in [0.25, 0.3) is 0 Å². The lowest BCUT2D eigenvalue weighted by Crippen LogP contribution is -2.18. The Morgan fingerprint density at radius 2 is 1.75 bits per heavy atom. The van der Waals surface area contributed by atoms with E-state index in [2.05, 4.69) is 10.5 Å². The monoisotopic (exact) mass is 394 g/mol. The highest BCUT2D eigenvalue weighted by Gasteiger charge is 2.12. The molecule has 6 heteroatoms. The van der Waals surface area contributed by atoms with E-state index >= 15 is 0 Å². The zero-order chi connectivity index (χ0) is 19.8. The Hall–Kier alpha value is -3.31. The van der Waals surface area contributed by atoms with E-state index < -0.39 is 0 Å². The van der Waals surface area contributed by atoms with Crippen LogP contribution >= 0.6 is 11.6 Å². The number of nitrogens with zero attached hydrogens (tertiary/aromatic N) is 1. The molecule has 0 aliphatic heterocycles. The molecular formula is C22H19ClN2O3. The number of amides is 1. The number of hydrogen-bond donors (Lipinski definition) is 1. The second kappa shape index (κ2) is 9.58. The summed E-state index contributed by atoms with van der Waals surface area (Å²) in [5, 5.41) is 4.62. The summed E-state index contributed by atoms with van der Waals surface area (Å²) in [6.07, 6.45) is 1.56. The zero-order valence-corrected chi connectivity index (χ0v) is 16.0. The Kier molecular flexibility index (Phi) is 6.65. The summed E-state index contributed by atoms with van der Waals surface area (Å²) in [7, 11) is 1.61. The summed E-state index contributed by atoms with van der Waals surface area (Å²) >= 11 is 6.15. The Balaban J connectivity index is 1.65. The predicted octanol–water partition coefficient (Wildman–Crippen LogP) is 4.69. The highest BCUT2D eigenvalue weighted by Crippen LogP contribution is 2.22. The third kappa shape index (κ3) is 5.11. The molecule has 3 rings (SSSR count). The molecule has 0 atom stereocenters. The first kappa shape index (κ1) is 19.5. The van der Waals surface area contributed by atoms with Crippen LogP contribution in [0.1, 0.15) is 21.5 Å². The van der Waals surface area contributed by atoms with Crippen LogP contribution in [0, 0.1) is 0 Å². The van der Waals surface area contributed by atoms with Gasteiger partial charge in [0.2, 0.25) is 0 Å². The van der Waals surface area contributed by atoms with Gasteiger partial charge in [-0.1, -0.05) is 41.9 Å². The van der Waals surface area contributed by atoms with Crippen molar-refractivity contribution < 1.29 is 14.3 Å². The summed E-state index contributed by atoms with van der Waals surface area (Å²) in [4.78, 5) is 12.5. The number of methoxy groups -OCH3 is 1. The molecule has 0 aliphatic carbocycles. The average molecular weight is 395 g/mol. The van der Waals surface area contributed by atoms with Gasteiger partial charge in [0.25, 0.3) is 5.91 Å². The molecule has 0 radical (unpaired) electrons. The van der Waals surface area contributed by atoms with Gasteiger partial charge in [0.1, 0.15) is 18.1 Å². The largest absolute Gasteiger partial charge is 0.497 e. The first-order valence-electron chi connectivity index (χ1n) is 8.60. The molecule has 0 heterocycles. The van der Waals surface area contributed by atoms with Crippen molar-refractivity contribution in [2.24, 2.45) is 5.10 Å². The number of hydrazone groups is 1. The molecule has 0 saturated carbocycles. The lowest BCUT2D eigenvalue weighted by molar-refractivity contribution is 0.0950. The first-order chi connectivity index (χ1) is 13.7. The second-order valence-corrected chi connectivity index (χ2v) is 6.26. The number of ether oxygens (including phenoxy) is 2. The van der Waals surface area contributed by atoms with Crippen LogP contribution in [-0.4, -0.2) is 19.2 Å². The number of halogens is 1. The molecule has 0 aliphatic rings. The standard InChI is InChI=1S/C22H19ClN2O3/c1-27-18-12-10-16(11-13-18)14-24-25-22(26)19-7-3-5-9-21(19)28-15-17-6-2-4-8-20(17)23/h2-14H,15H2,1H3,(H,25,26)/b24-14+. The third-order valence-electron chi connectivity index (χ3n) is 3.97. The number of para-hydroxylation sites is 1. The molecule has 28 heavy (non-hydrogen) atoms. The molecule has 0 saturated heterocycles. The molecule has 3 aromatic carbocycles. The average Bonchev–Trinajstić information content (AvgIpc) is 2.74. The van der Waals surface area contributed by atoms with Crippen molar-refractivity contribution in [2.75, 3.05) is 7.11 Å². The number of carbonyl (C=O) groups is 1. The zero-order valence-electron chi connectivity index (χ0n) is 15.3. The Morgan fingerprint density at radius 3 is 2.50 bits per heavy atom. The lowest BCUT2D eigenvalue weighted by Gasteiger charge is -2.11. The molecule has 1 N–H and O–H groups in total. The number of carbonyl (C=O) groups excluding carboxylic acids is 1. The van der Waals surface area contributed by atoms with Gasteiger partial charge in [0, 0.05) is 10.6 Å². The van der Waals surface area contributed by atoms with Gasteiger partial charge in [-0.05, 0) is 48.0 Å². The van der Waals surface area contributed by atoms with Gasteiger partial charge in [-0.25, -0.2) is 5.43 Å². The van der Waals surface area contributed by atoms with E-state index in [1.807, 2.05) is 42.5 Å². The maximum Gasteiger partial charge on any atom is 0.275 e. The van der Waals surface area contributed by atoms with E-state index in [1.165, 1.54) is 0 Å². The number of nitrogens with one attached hydrogen (secondary N) is 1. The fourth-order valence-electron chi connectivity index (χ4n) is 2.47. The molecule has 5 nitrogen and oxygen atoms in total. The van der Waals surface area contributed by atoms with Gasteiger partial charge in [-0.3, -0.25) is 4.79 Å². The van der Waals surface area contributed by atoms with Gasteiger partial charge >= 0.3 is 0 Å². The quantitative estimate of drug-likeness (QED) is 0.467. The minimum Gasteiger partial charge on any atom is -0.497 e. The number of benzene rings is 3. The van der Waals surface area contributed by atoms with Crippen molar-refractivity contribution in [3.8, 4) is 11.5 Å². The summed E-state index contributed by atoms with van der Waals surface area (Å²) in [6, 6.07) is 21.7. The Labute approximate surface area is 168 Å². The molecule has 3 aromatic rings. The molecule has 1 amide bonds. The van der Waals surface area contributed by atoms with Crippen molar-refractivity contribution in [1.82, 2.24) is 5.43 Å². The normalized spacial score (nSPS) is 10.6. The topological polar surface area (TPSA) is 59.9 Å². The lowest BCUT2D eigenvalue weighted by atomic mass is 10.2. The molecule has 0 spiro atoms. The van der Waals surface area contributed by atoms with Crippen LogP contribution in [-0.2, 0) is 6.61 Å². The van der Waals surface area contributed by atoms with Crippen LogP contribution in [0.4, 0.5) is 0 Å². The maximum absolute atomic E-state index is 12.5. The van der Waals surface area contributed by atoms with Gasteiger partial charge in [-0.15, -0.1) is 0 Å². The number of rotatable bonds is 7. The highest BCUT2D eigenvalue weighted by molar-refractivity contribution is 6.31. The van der Waals surface area contributed by atoms with Crippen LogP contribution in [0.3, 0.4) is 0 Å². The van der Waals surface area contributed by atoms with Crippen LogP contribution in [0.15, 0.2) is 77.9 Å². The molecule has 0 bridgehead atoms. The van der Waals surface area contributed by atoms with Crippen molar-refractivity contribution in [1.29, 1.82) is 0 Å². The smallest absolute Gasteiger partial charge is 0.275 e. The fraction of sp³-hybridized carbons (Fsp3) is 0.0909. The first-order valence-corrected chi connectivity index (χ1v) is 8.98. The van der Waals surface area contributed by atoms with Crippen molar-refractivity contribution in [2.45, 2.75) is 6.61 Å². The molecule has 0 unspecified atom stereocenters. The summed E-state index contributed by atoms with van der Waals surface area (Å²) < 4.78 is 10.9. The molecule has 142 valence electrons. The predicted molar refractivity (Wildman–Crippen MR) is 110 cm³/mol. The van der Waals surface area contributed by atoms with E-state index in [0.29, 0.717) is 16.3 Å². The fourth-order valence-corrected chi connectivity index (χ4v) is 2.66. The summed E-state index contributed by atoms with van der Waals surface area (Å²) in [5.41, 5.74) is 4.59. The minimum atomic E-state index is -0.362. The molecular weight excluding hydrogens is 376 g/mol. The Bertz CT molecular complexity index is 972. The second-order valence-electron chi connectivity index (χ2n) is 5.85. The van der Waals surface area contributed by atoms with Crippen LogP contribution in [0.5, 0.6) is 11.5 Å². The van der Waals surface area contributed by atoms with Crippen LogP contribution < -0.4 is 14.9 Å². The number of hydrogen-bond acceptors (Lipinski definition) is 4. The summed E-state index contributed by atoms with van der Waals surface area (Å²) in [6.45, 7) is 0.263. The van der Waals surface area contributed by atoms with E-state index in [0.717, 1.165) is 16.9 Å².